The second-order valence-corrected chi connectivity index (χ2v) is 6.72. The number of benzene rings is 2. The van der Waals surface area contributed by atoms with Crippen molar-refractivity contribution in [3.8, 4) is 23.0 Å². The van der Waals surface area contributed by atoms with Gasteiger partial charge in [-0.1, -0.05) is 19.1 Å². The average molecular weight is 397 g/mol. The number of rotatable bonds is 8. The molecular weight excluding hydrogens is 370 g/mol. The second kappa shape index (κ2) is 9.87. The first-order chi connectivity index (χ1) is 14.1. The molecule has 0 fully saturated rings. The lowest BCUT2D eigenvalue weighted by molar-refractivity contribution is -0.127. The summed E-state index contributed by atoms with van der Waals surface area (Å²) < 4.78 is 22.4. The van der Waals surface area contributed by atoms with Crippen LogP contribution in [-0.4, -0.2) is 50.8 Å². The number of hydrogen-bond acceptors (Lipinski definition) is 5. The third-order valence-corrected chi connectivity index (χ3v) is 4.64. The Morgan fingerprint density at radius 2 is 1.97 bits per heavy atom. The van der Waals surface area contributed by atoms with Gasteiger partial charge in [0.2, 0.25) is 5.91 Å². The van der Waals surface area contributed by atoms with Crippen molar-refractivity contribution in [2.45, 2.75) is 19.4 Å². The molecule has 29 heavy (non-hydrogen) atoms. The summed E-state index contributed by atoms with van der Waals surface area (Å²) in [6, 6.07) is 13.0. The number of carbonyl (C=O) groups excluding carboxylic acids is 1. The molecule has 1 unspecified atom stereocenters. The molecule has 0 aliphatic carbocycles. The largest absolute Gasteiger partial charge is 0.497 e. The number of carbonyl (C=O) groups is 1. The van der Waals surface area contributed by atoms with E-state index in [9.17, 15) is 4.79 Å². The van der Waals surface area contributed by atoms with E-state index in [1.165, 1.54) is 0 Å². The first-order valence-electron chi connectivity index (χ1n) is 9.72. The third-order valence-electron chi connectivity index (χ3n) is 4.64. The maximum absolute atomic E-state index is 12.9. The fourth-order valence-electron chi connectivity index (χ4n) is 3.20. The van der Waals surface area contributed by atoms with Crippen LogP contribution in [0.3, 0.4) is 0 Å². The lowest BCUT2D eigenvalue weighted by Crippen LogP contribution is -2.43. The predicted molar refractivity (Wildman–Crippen MR) is 112 cm³/mol. The molecule has 0 N–H and O–H groups in total. The molecule has 0 spiro atoms. The molecule has 2 aromatic carbocycles. The van der Waals surface area contributed by atoms with Crippen molar-refractivity contribution in [2.24, 2.45) is 0 Å². The van der Waals surface area contributed by atoms with Crippen molar-refractivity contribution in [1.29, 1.82) is 0 Å². The van der Waals surface area contributed by atoms with Gasteiger partial charge < -0.3 is 23.8 Å². The summed E-state index contributed by atoms with van der Waals surface area (Å²) >= 11 is 0. The maximum Gasteiger partial charge on any atom is 0.246 e. The average Bonchev–Trinajstić information content (AvgIpc) is 2.76. The highest BCUT2D eigenvalue weighted by atomic mass is 16.6. The zero-order valence-electron chi connectivity index (χ0n) is 17.1. The van der Waals surface area contributed by atoms with Gasteiger partial charge in [0.25, 0.3) is 0 Å². The van der Waals surface area contributed by atoms with Crippen molar-refractivity contribution in [3.05, 3.63) is 54.1 Å². The van der Waals surface area contributed by atoms with Crippen LogP contribution in [0.5, 0.6) is 23.0 Å². The Morgan fingerprint density at radius 1 is 1.17 bits per heavy atom. The highest BCUT2D eigenvalue weighted by molar-refractivity contribution is 5.92. The standard InChI is InChI=1S/C23H27NO5/c1-4-13-24(15-19-16-28-21-7-5-6-8-22(21)29-19)23(25)12-9-17-14-18(26-2)10-11-20(17)27-3/h5-12,14,19H,4,13,15-16H2,1-3H3. The lowest BCUT2D eigenvalue weighted by Gasteiger charge is -2.30. The summed E-state index contributed by atoms with van der Waals surface area (Å²) in [4.78, 5) is 14.6. The quantitative estimate of drug-likeness (QED) is 0.634. The van der Waals surface area contributed by atoms with Crippen LogP contribution >= 0.6 is 0 Å². The fourth-order valence-corrected chi connectivity index (χ4v) is 3.20. The van der Waals surface area contributed by atoms with Gasteiger partial charge in [0.1, 0.15) is 18.1 Å². The predicted octanol–water partition coefficient (Wildman–Crippen LogP) is 3.80. The van der Waals surface area contributed by atoms with E-state index >= 15 is 0 Å². The monoisotopic (exact) mass is 397 g/mol. The molecule has 1 atom stereocenters. The smallest absolute Gasteiger partial charge is 0.246 e. The molecule has 1 aliphatic rings. The van der Waals surface area contributed by atoms with Crippen LogP contribution in [0.1, 0.15) is 18.9 Å². The van der Waals surface area contributed by atoms with Gasteiger partial charge in [-0.2, -0.15) is 0 Å². The number of para-hydroxylation sites is 2. The van der Waals surface area contributed by atoms with E-state index in [-0.39, 0.29) is 12.0 Å². The Morgan fingerprint density at radius 3 is 2.69 bits per heavy atom. The fraction of sp³-hybridized carbons (Fsp3) is 0.348. The molecule has 0 saturated carbocycles. The summed E-state index contributed by atoms with van der Waals surface area (Å²) in [5, 5.41) is 0. The van der Waals surface area contributed by atoms with E-state index < -0.39 is 0 Å². The van der Waals surface area contributed by atoms with Gasteiger partial charge in [-0.25, -0.2) is 0 Å². The molecule has 1 amide bonds. The molecule has 1 heterocycles. The normalized spacial score (nSPS) is 15.2. The van der Waals surface area contributed by atoms with Gasteiger partial charge >= 0.3 is 0 Å². The number of fused-ring (bicyclic) bond motifs is 1. The van der Waals surface area contributed by atoms with Crippen molar-refractivity contribution in [3.63, 3.8) is 0 Å². The number of amides is 1. The highest BCUT2D eigenvalue weighted by Crippen LogP contribution is 2.31. The van der Waals surface area contributed by atoms with Crippen molar-refractivity contribution < 1.29 is 23.7 Å². The van der Waals surface area contributed by atoms with Crippen LogP contribution in [0.15, 0.2) is 48.5 Å². The Kier molecular flexibility index (Phi) is 7.00. The molecule has 3 rings (SSSR count). The topological polar surface area (TPSA) is 57.2 Å². The molecule has 6 nitrogen and oxygen atoms in total. The van der Waals surface area contributed by atoms with Gasteiger partial charge in [0, 0.05) is 18.2 Å². The first kappa shape index (κ1) is 20.6. The molecule has 0 bridgehead atoms. The van der Waals surface area contributed by atoms with Gasteiger partial charge in [0.15, 0.2) is 17.6 Å². The van der Waals surface area contributed by atoms with Crippen molar-refractivity contribution in [1.82, 2.24) is 4.90 Å². The SMILES string of the molecule is CCCN(CC1COc2ccccc2O1)C(=O)C=Cc1cc(OC)ccc1OC. The van der Waals surface area contributed by atoms with Crippen molar-refractivity contribution in [2.75, 3.05) is 33.9 Å². The summed E-state index contributed by atoms with van der Waals surface area (Å²) in [5.41, 5.74) is 0.780. The van der Waals surface area contributed by atoms with Gasteiger partial charge in [-0.05, 0) is 42.8 Å². The van der Waals surface area contributed by atoms with Crippen LogP contribution in [0.4, 0.5) is 0 Å². The van der Waals surface area contributed by atoms with Crippen LogP contribution in [0, 0.1) is 0 Å². The Balaban J connectivity index is 1.69. The molecule has 0 aromatic heterocycles. The van der Waals surface area contributed by atoms with Gasteiger partial charge in [-0.3, -0.25) is 4.79 Å². The summed E-state index contributed by atoms with van der Waals surface area (Å²) in [5.74, 6) is 2.75. The molecule has 0 saturated heterocycles. The minimum atomic E-state index is -0.208. The second-order valence-electron chi connectivity index (χ2n) is 6.72. The van der Waals surface area contributed by atoms with E-state index in [2.05, 4.69) is 0 Å². The Bertz CT molecular complexity index is 864. The van der Waals surface area contributed by atoms with E-state index in [0.717, 1.165) is 17.7 Å². The van der Waals surface area contributed by atoms with E-state index in [4.69, 9.17) is 18.9 Å². The zero-order valence-corrected chi connectivity index (χ0v) is 17.1. The minimum Gasteiger partial charge on any atom is -0.497 e. The lowest BCUT2D eigenvalue weighted by atomic mass is 10.1. The summed E-state index contributed by atoms with van der Waals surface area (Å²) in [6.07, 6.45) is 3.96. The van der Waals surface area contributed by atoms with Crippen LogP contribution in [0.2, 0.25) is 0 Å². The van der Waals surface area contributed by atoms with Gasteiger partial charge in [0.05, 0.1) is 20.8 Å². The Labute approximate surface area is 171 Å². The molecule has 6 heteroatoms. The first-order valence-corrected chi connectivity index (χ1v) is 9.72. The maximum atomic E-state index is 12.9. The van der Waals surface area contributed by atoms with Crippen LogP contribution < -0.4 is 18.9 Å². The van der Waals surface area contributed by atoms with Gasteiger partial charge in [-0.15, -0.1) is 0 Å². The van der Waals surface area contributed by atoms with Crippen molar-refractivity contribution >= 4 is 12.0 Å². The number of nitrogens with zero attached hydrogens (tertiary/aromatic N) is 1. The highest BCUT2D eigenvalue weighted by Gasteiger charge is 2.24. The van der Waals surface area contributed by atoms with E-state index in [1.54, 1.807) is 31.3 Å². The summed E-state index contributed by atoms with van der Waals surface area (Å²) in [7, 11) is 3.20. The minimum absolute atomic E-state index is 0.0841. The molecule has 2 aromatic rings. The van der Waals surface area contributed by atoms with E-state index in [0.29, 0.717) is 36.9 Å². The van der Waals surface area contributed by atoms with Crippen LogP contribution in [-0.2, 0) is 4.79 Å². The summed E-state index contributed by atoms with van der Waals surface area (Å²) in [6.45, 7) is 3.56. The number of methoxy groups -OCH3 is 2. The molecule has 1 aliphatic heterocycles. The number of hydrogen-bond donors (Lipinski definition) is 0. The van der Waals surface area contributed by atoms with Crippen LogP contribution in [0.25, 0.3) is 6.08 Å². The van der Waals surface area contributed by atoms with E-state index in [1.807, 2.05) is 49.4 Å². The zero-order chi connectivity index (χ0) is 20.6. The molecular formula is C23H27NO5. The molecule has 154 valence electrons. The Hall–Kier alpha value is -3.15. The molecule has 0 radical (unpaired) electrons. The number of ether oxygens (including phenoxy) is 4. The third kappa shape index (κ3) is 5.22.